The van der Waals surface area contributed by atoms with Gasteiger partial charge in [0.2, 0.25) is 0 Å². The van der Waals surface area contributed by atoms with Gasteiger partial charge in [-0.25, -0.2) is 4.79 Å². The number of benzene rings is 2. The Labute approximate surface area is 179 Å². The number of carbonyl (C=O) groups is 1. The second kappa shape index (κ2) is 6.77. The molecule has 0 aliphatic carbocycles. The zero-order chi connectivity index (χ0) is 21.2. The highest BCUT2D eigenvalue weighted by Gasteiger charge is 2.63. The normalized spacial score (nSPS) is 28.9. The molecule has 4 heterocycles. The van der Waals surface area contributed by atoms with Crippen molar-refractivity contribution in [2.24, 2.45) is 11.8 Å². The van der Waals surface area contributed by atoms with E-state index in [1.807, 2.05) is 35.2 Å². The van der Waals surface area contributed by atoms with E-state index in [1.54, 1.807) is 24.3 Å². The zero-order valence-corrected chi connectivity index (χ0v) is 17.0. The monoisotopic (exact) mass is 417 g/mol. The number of hydrogen-bond donors (Lipinski definition) is 1. The van der Waals surface area contributed by atoms with Crippen molar-refractivity contribution in [2.45, 2.75) is 24.5 Å². The van der Waals surface area contributed by atoms with E-state index in [2.05, 4.69) is 0 Å². The number of ether oxygens (including phenoxy) is 1. The van der Waals surface area contributed by atoms with E-state index in [0.29, 0.717) is 35.4 Å². The molecule has 2 aromatic carbocycles. The molecule has 3 aliphatic rings. The van der Waals surface area contributed by atoms with E-state index in [-0.39, 0.29) is 36.1 Å². The summed E-state index contributed by atoms with van der Waals surface area (Å²) in [5.74, 6) is 0.232. The molecule has 6 heteroatoms. The number of likely N-dealkylation sites (tertiary alicyclic amines) is 1. The summed E-state index contributed by atoms with van der Waals surface area (Å²) in [6.07, 6.45) is 2.03. The van der Waals surface area contributed by atoms with Crippen LogP contribution in [0.1, 0.15) is 23.2 Å². The van der Waals surface area contributed by atoms with E-state index >= 15 is 0 Å². The molecule has 3 fully saturated rings. The number of para-hydroxylation sites is 1. The van der Waals surface area contributed by atoms with Gasteiger partial charge in [-0.1, -0.05) is 30.3 Å². The Kier molecular flexibility index (Phi) is 4.10. The van der Waals surface area contributed by atoms with Gasteiger partial charge in [-0.15, -0.1) is 0 Å². The summed E-state index contributed by atoms with van der Waals surface area (Å²) < 4.78 is 11.7. The number of fused-ring (bicyclic) bond motifs is 2. The van der Waals surface area contributed by atoms with Crippen molar-refractivity contribution in [2.75, 3.05) is 19.7 Å². The van der Waals surface area contributed by atoms with Gasteiger partial charge in [-0.3, -0.25) is 4.79 Å². The van der Waals surface area contributed by atoms with Crippen LogP contribution in [0, 0.1) is 11.8 Å². The molecule has 0 saturated carbocycles. The smallest absolute Gasteiger partial charge is 0.344 e. The Morgan fingerprint density at radius 1 is 1.16 bits per heavy atom. The lowest BCUT2D eigenvalue weighted by Gasteiger charge is -2.27. The molecule has 0 unspecified atom stereocenters. The van der Waals surface area contributed by atoms with Gasteiger partial charge in [-0.2, -0.15) is 0 Å². The number of nitrogens with zero attached hydrogens (tertiary/aromatic N) is 1. The molecule has 31 heavy (non-hydrogen) atoms. The Hall–Kier alpha value is -2.96. The molecule has 2 bridgehead atoms. The minimum Gasteiger partial charge on any atom is -0.422 e. The molecular weight excluding hydrogens is 394 g/mol. The second-order valence-electron chi connectivity index (χ2n) is 8.96. The number of carbonyl (C=O) groups excluding carboxylic acids is 1. The molecule has 3 aromatic rings. The number of aliphatic hydroxyl groups excluding tert-OH is 1. The fourth-order valence-electron chi connectivity index (χ4n) is 5.85. The molecule has 1 spiro atoms. The first-order chi connectivity index (χ1) is 15.1. The lowest BCUT2D eigenvalue weighted by atomic mass is 9.74. The average Bonchev–Trinajstić information content (AvgIpc) is 3.46. The van der Waals surface area contributed by atoms with Gasteiger partial charge >= 0.3 is 5.63 Å². The fourth-order valence-corrected chi connectivity index (χ4v) is 5.85. The maximum atomic E-state index is 13.3. The van der Waals surface area contributed by atoms with Crippen molar-refractivity contribution in [3.8, 4) is 11.1 Å². The van der Waals surface area contributed by atoms with E-state index in [4.69, 9.17) is 9.15 Å². The molecule has 6 nitrogen and oxygen atoms in total. The van der Waals surface area contributed by atoms with E-state index in [0.717, 1.165) is 18.2 Å². The first kappa shape index (κ1) is 18.8. The third-order valence-corrected chi connectivity index (χ3v) is 7.34. The van der Waals surface area contributed by atoms with Crippen molar-refractivity contribution >= 4 is 16.9 Å². The lowest BCUT2D eigenvalue weighted by Crippen LogP contribution is -2.38. The van der Waals surface area contributed by atoms with Crippen LogP contribution >= 0.6 is 0 Å². The molecule has 1 N–H and O–H groups in total. The molecule has 0 radical (unpaired) electrons. The second-order valence-corrected chi connectivity index (χ2v) is 8.96. The first-order valence-electron chi connectivity index (χ1n) is 10.8. The van der Waals surface area contributed by atoms with Crippen molar-refractivity contribution in [1.29, 1.82) is 0 Å². The molecular formula is C25H23NO5. The first-order valence-corrected chi connectivity index (χ1v) is 10.8. The highest BCUT2D eigenvalue weighted by atomic mass is 16.5. The largest absolute Gasteiger partial charge is 0.422 e. The summed E-state index contributed by atoms with van der Waals surface area (Å²) in [5, 5.41) is 10.7. The summed E-state index contributed by atoms with van der Waals surface area (Å²) in [5.41, 5.74) is 1.45. The molecule has 3 saturated heterocycles. The summed E-state index contributed by atoms with van der Waals surface area (Å²) in [7, 11) is 0. The van der Waals surface area contributed by atoms with Crippen molar-refractivity contribution in [1.82, 2.24) is 4.90 Å². The van der Waals surface area contributed by atoms with Crippen molar-refractivity contribution in [3.63, 3.8) is 0 Å². The number of amides is 1. The molecule has 6 rings (SSSR count). The van der Waals surface area contributed by atoms with Crippen LogP contribution in [0.5, 0.6) is 0 Å². The number of aliphatic hydroxyl groups is 1. The zero-order valence-electron chi connectivity index (χ0n) is 17.0. The van der Waals surface area contributed by atoms with Gasteiger partial charge in [0.1, 0.15) is 5.58 Å². The Bertz CT molecular complexity index is 1250. The standard InChI is InChI=1S/C25H23NO5/c27-13-19-20-12-26(14-25(20)9-8-22(19)31-25)23(28)17-6-3-5-15(10-17)18-11-16-4-1-2-7-21(16)30-24(18)29/h1-7,10-11,19-20,22,27H,8-9,12-14H2/t19-,20+,22+,25+/m1/s1. The molecule has 1 aromatic heterocycles. The molecule has 158 valence electrons. The van der Waals surface area contributed by atoms with E-state index in [1.165, 1.54) is 0 Å². The quantitative estimate of drug-likeness (QED) is 0.663. The summed E-state index contributed by atoms with van der Waals surface area (Å²) in [6.45, 7) is 1.26. The molecule has 3 aliphatic heterocycles. The summed E-state index contributed by atoms with van der Waals surface area (Å²) in [6, 6.07) is 16.3. The molecule has 1 amide bonds. The van der Waals surface area contributed by atoms with Crippen LogP contribution < -0.4 is 5.63 Å². The van der Waals surface area contributed by atoms with Gasteiger partial charge in [0.15, 0.2) is 0 Å². The third kappa shape index (κ3) is 2.78. The van der Waals surface area contributed by atoms with Crippen LogP contribution in [0.3, 0.4) is 0 Å². The Morgan fingerprint density at radius 2 is 2.03 bits per heavy atom. The molecule has 4 atom stereocenters. The minimum atomic E-state index is -0.422. The Morgan fingerprint density at radius 3 is 2.90 bits per heavy atom. The number of hydrogen-bond acceptors (Lipinski definition) is 5. The SMILES string of the molecule is O=C(c1cccc(-c2cc3ccccc3oc2=O)c1)N1C[C@H]2[C@@H](CO)[C@@H]3CC[C@@]2(C1)O3. The van der Waals surface area contributed by atoms with Gasteiger partial charge < -0.3 is 19.2 Å². The van der Waals surface area contributed by atoms with Gasteiger partial charge in [0, 0.05) is 35.9 Å². The number of rotatable bonds is 3. The third-order valence-electron chi connectivity index (χ3n) is 7.34. The van der Waals surface area contributed by atoms with Crippen LogP contribution in [-0.4, -0.2) is 47.3 Å². The van der Waals surface area contributed by atoms with Crippen LogP contribution in [-0.2, 0) is 4.74 Å². The van der Waals surface area contributed by atoms with Crippen LogP contribution in [0.15, 0.2) is 63.8 Å². The topological polar surface area (TPSA) is 80.0 Å². The minimum absolute atomic E-state index is 0.0699. The van der Waals surface area contributed by atoms with Crippen LogP contribution in [0.25, 0.3) is 22.1 Å². The van der Waals surface area contributed by atoms with Gasteiger partial charge in [0.25, 0.3) is 5.91 Å². The average molecular weight is 417 g/mol. The fraction of sp³-hybridized carbons (Fsp3) is 0.360. The predicted octanol–water partition coefficient (Wildman–Crippen LogP) is 3.07. The van der Waals surface area contributed by atoms with E-state index < -0.39 is 5.63 Å². The summed E-state index contributed by atoms with van der Waals surface area (Å²) in [4.78, 5) is 27.7. The van der Waals surface area contributed by atoms with Gasteiger partial charge in [0.05, 0.1) is 23.8 Å². The maximum Gasteiger partial charge on any atom is 0.344 e. The highest BCUT2D eigenvalue weighted by Crippen LogP contribution is 2.54. The van der Waals surface area contributed by atoms with Crippen molar-refractivity contribution in [3.05, 3.63) is 70.6 Å². The van der Waals surface area contributed by atoms with Crippen LogP contribution in [0.4, 0.5) is 0 Å². The predicted molar refractivity (Wildman–Crippen MR) is 115 cm³/mol. The Balaban J connectivity index is 1.31. The van der Waals surface area contributed by atoms with Crippen LogP contribution in [0.2, 0.25) is 0 Å². The lowest BCUT2D eigenvalue weighted by molar-refractivity contribution is 0.00154. The van der Waals surface area contributed by atoms with E-state index in [9.17, 15) is 14.7 Å². The van der Waals surface area contributed by atoms with Gasteiger partial charge in [-0.05, 0) is 42.7 Å². The summed E-state index contributed by atoms with van der Waals surface area (Å²) >= 11 is 0. The highest BCUT2D eigenvalue weighted by molar-refractivity contribution is 5.96. The maximum absolute atomic E-state index is 13.3. The van der Waals surface area contributed by atoms with Crippen molar-refractivity contribution < 1.29 is 19.1 Å².